The summed E-state index contributed by atoms with van der Waals surface area (Å²) in [6.07, 6.45) is 0. The number of methoxy groups -OCH3 is 1. The lowest BCUT2D eigenvalue weighted by Gasteiger charge is -2.18. The Balaban J connectivity index is 2.14. The van der Waals surface area contributed by atoms with Gasteiger partial charge < -0.3 is 21.5 Å². The molecule has 0 aliphatic heterocycles. The molecule has 2 rings (SSSR count). The Kier molecular flexibility index (Phi) is 4.33. The van der Waals surface area contributed by atoms with Gasteiger partial charge in [0.2, 0.25) is 5.91 Å². The van der Waals surface area contributed by atoms with Crippen LogP contribution in [0.5, 0.6) is 5.75 Å². The predicted molar refractivity (Wildman–Crippen MR) is 84.4 cm³/mol. The number of nitrogens with one attached hydrogen (secondary N) is 1. The SMILES string of the molecule is COc1ccc(C(C)Nc2ccc(C(N)=O)cc2N)cc1. The van der Waals surface area contributed by atoms with Crippen LogP contribution in [0.25, 0.3) is 0 Å². The minimum absolute atomic E-state index is 0.0673. The van der Waals surface area contributed by atoms with E-state index in [2.05, 4.69) is 5.32 Å². The molecule has 21 heavy (non-hydrogen) atoms. The number of primary amides is 1. The van der Waals surface area contributed by atoms with E-state index in [0.29, 0.717) is 11.3 Å². The van der Waals surface area contributed by atoms with Crippen molar-refractivity contribution in [2.45, 2.75) is 13.0 Å². The summed E-state index contributed by atoms with van der Waals surface area (Å²) in [6.45, 7) is 2.03. The Morgan fingerprint density at radius 3 is 2.38 bits per heavy atom. The summed E-state index contributed by atoms with van der Waals surface area (Å²) in [4.78, 5) is 11.1. The monoisotopic (exact) mass is 285 g/mol. The minimum atomic E-state index is -0.489. The fraction of sp³-hybridized carbons (Fsp3) is 0.188. The van der Waals surface area contributed by atoms with Crippen LogP contribution in [0.3, 0.4) is 0 Å². The maximum Gasteiger partial charge on any atom is 0.248 e. The smallest absolute Gasteiger partial charge is 0.248 e. The van der Waals surface area contributed by atoms with E-state index in [1.165, 1.54) is 0 Å². The molecule has 2 aromatic rings. The Morgan fingerprint density at radius 2 is 1.86 bits per heavy atom. The number of carbonyl (C=O) groups excluding carboxylic acids is 1. The number of hydrogen-bond donors (Lipinski definition) is 3. The van der Waals surface area contributed by atoms with Gasteiger partial charge in [-0.15, -0.1) is 0 Å². The Bertz CT molecular complexity index is 638. The highest BCUT2D eigenvalue weighted by atomic mass is 16.5. The number of rotatable bonds is 5. The number of nitrogens with two attached hydrogens (primary N) is 2. The van der Waals surface area contributed by atoms with Crippen molar-refractivity contribution in [3.63, 3.8) is 0 Å². The minimum Gasteiger partial charge on any atom is -0.497 e. The molecule has 0 saturated heterocycles. The van der Waals surface area contributed by atoms with Crippen LogP contribution >= 0.6 is 0 Å². The van der Waals surface area contributed by atoms with Crippen LogP contribution in [0.2, 0.25) is 0 Å². The summed E-state index contributed by atoms with van der Waals surface area (Å²) >= 11 is 0. The van der Waals surface area contributed by atoms with E-state index in [1.54, 1.807) is 25.3 Å². The van der Waals surface area contributed by atoms with Crippen molar-refractivity contribution >= 4 is 17.3 Å². The van der Waals surface area contributed by atoms with Crippen molar-refractivity contribution in [2.24, 2.45) is 5.73 Å². The fourth-order valence-corrected chi connectivity index (χ4v) is 2.06. The number of hydrogen-bond acceptors (Lipinski definition) is 4. The molecular formula is C16H19N3O2. The first-order valence-electron chi connectivity index (χ1n) is 6.61. The lowest BCUT2D eigenvalue weighted by atomic mass is 10.1. The van der Waals surface area contributed by atoms with Crippen molar-refractivity contribution in [1.29, 1.82) is 0 Å². The summed E-state index contributed by atoms with van der Waals surface area (Å²) < 4.78 is 5.14. The van der Waals surface area contributed by atoms with E-state index in [0.717, 1.165) is 17.0 Å². The van der Waals surface area contributed by atoms with Gasteiger partial charge >= 0.3 is 0 Å². The maximum atomic E-state index is 11.1. The molecule has 5 nitrogen and oxygen atoms in total. The lowest BCUT2D eigenvalue weighted by molar-refractivity contribution is 0.100. The van der Waals surface area contributed by atoms with E-state index < -0.39 is 5.91 Å². The summed E-state index contributed by atoms with van der Waals surface area (Å²) in [5.41, 5.74) is 13.9. The molecule has 1 atom stereocenters. The predicted octanol–water partition coefficient (Wildman–Crippen LogP) is 2.55. The van der Waals surface area contributed by atoms with Crippen molar-refractivity contribution in [3.05, 3.63) is 53.6 Å². The molecule has 0 heterocycles. The van der Waals surface area contributed by atoms with Crippen molar-refractivity contribution in [1.82, 2.24) is 0 Å². The van der Waals surface area contributed by atoms with E-state index >= 15 is 0 Å². The number of amides is 1. The van der Waals surface area contributed by atoms with Gasteiger partial charge in [0.05, 0.1) is 18.5 Å². The van der Waals surface area contributed by atoms with Gasteiger partial charge in [0.25, 0.3) is 0 Å². The van der Waals surface area contributed by atoms with E-state index in [4.69, 9.17) is 16.2 Å². The standard InChI is InChI=1S/C16H19N3O2/c1-10(11-3-6-13(21-2)7-4-11)19-15-8-5-12(16(18)20)9-14(15)17/h3-10,19H,17H2,1-2H3,(H2,18,20). The van der Waals surface area contributed by atoms with E-state index in [9.17, 15) is 4.79 Å². The van der Waals surface area contributed by atoms with Gasteiger partial charge in [-0.2, -0.15) is 0 Å². The third kappa shape index (κ3) is 3.45. The van der Waals surface area contributed by atoms with Crippen LogP contribution in [0, 0.1) is 0 Å². The van der Waals surface area contributed by atoms with E-state index in [1.807, 2.05) is 31.2 Å². The Morgan fingerprint density at radius 1 is 1.19 bits per heavy atom. The van der Waals surface area contributed by atoms with Crippen molar-refractivity contribution in [2.75, 3.05) is 18.2 Å². The topological polar surface area (TPSA) is 90.4 Å². The second kappa shape index (κ2) is 6.17. The second-order valence-electron chi connectivity index (χ2n) is 4.81. The molecule has 110 valence electrons. The largest absolute Gasteiger partial charge is 0.497 e. The van der Waals surface area contributed by atoms with Gasteiger partial charge in [-0.1, -0.05) is 12.1 Å². The average molecular weight is 285 g/mol. The molecular weight excluding hydrogens is 266 g/mol. The zero-order chi connectivity index (χ0) is 15.4. The lowest BCUT2D eigenvalue weighted by Crippen LogP contribution is -2.13. The summed E-state index contributed by atoms with van der Waals surface area (Å²) in [6, 6.07) is 12.9. The van der Waals surface area contributed by atoms with Crippen LogP contribution < -0.4 is 21.5 Å². The van der Waals surface area contributed by atoms with Crippen LogP contribution in [0.15, 0.2) is 42.5 Å². The van der Waals surface area contributed by atoms with Crippen LogP contribution in [-0.4, -0.2) is 13.0 Å². The van der Waals surface area contributed by atoms with Gasteiger partial charge in [-0.25, -0.2) is 0 Å². The normalized spacial score (nSPS) is 11.7. The molecule has 1 unspecified atom stereocenters. The highest BCUT2D eigenvalue weighted by molar-refractivity contribution is 5.94. The zero-order valence-corrected chi connectivity index (χ0v) is 12.1. The van der Waals surface area contributed by atoms with Gasteiger partial charge in [0.15, 0.2) is 0 Å². The number of carbonyl (C=O) groups is 1. The molecule has 5 N–H and O–H groups in total. The third-order valence-electron chi connectivity index (χ3n) is 3.32. The molecule has 5 heteroatoms. The molecule has 0 aromatic heterocycles. The van der Waals surface area contributed by atoms with Crippen LogP contribution in [0.4, 0.5) is 11.4 Å². The summed E-state index contributed by atoms with van der Waals surface area (Å²) in [5, 5.41) is 3.31. The quantitative estimate of drug-likeness (QED) is 0.736. The third-order valence-corrected chi connectivity index (χ3v) is 3.32. The second-order valence-corrected chi connectivity index (χ2v) is 4.81. The van der Waals surface area contributed by atoms with Gasteiger partial charge in [-0.05, 0) is 42.8 Å². The molecule has 2 aromatic carbocycles. The van der Waals surface area contributed by atoms with Gasteiger partial charge in [0.1, 0.15) is 5.75 Å². The zero-order valence-electron chi connectivity index (χ0n) is 12.1. The van der Waals surface area contributed by atoms with E-state index in [-0.39, 0.29) is 6.04 Å². The number of ether oxygens (including phenoxy) is 1. The Hall–Kier alpha value is -2.69. The highest BCUT2D eigenvalue weighted by Gasteiger charge is 2.09. The Labute approximate surface area is 123 Å². The van der Waals surface area contributed by atoms with Crippen LogP contribution in [-0.2, 0) is 0 Å². The highest BCUT2D eigenvalue weighted by Crippen LogP contribution is 2.26. The average Bonchev–Trinajstić information content (AvgIpc) is 2.49. The number of nitrogen functional groups attached to an aromatic ring is 1. The number of anilines is 2. The molecule has 0 aliphatic rings. The number of benzene rings is 2. The van der Waals surface area contributed by atoms with Crippen LogP contribution in [0.1, 0.15) is 28.9 Å². The molecule has 0 bridgehead atoms. The first-order valence-corrected chi connectivity index (χ1v) is 6.61. The molecule has 0 radical (unpaired) electrons. The fourth-order valence-electron chi connectivity index (χ4n) is 2.06. The van der Waals surface area contributed by atoms with Crippen molar-refractivity contribution < 1.29 is 9.53 Å². The molecule has 0 spiro atoms. The van der Waals surface area contributed by atoms with Crippen molar-refractivity contribution in [3.8, 4) is 5.75 Å². The molecule has 0 saturated carbocycles. The molecule has 0 aliphatic carbocycles. The summed E-state index contributed by atoms with van der Waals surface area (Å²) in [7, 11) is 1.64. The van der Waals surface area contributed by atoms with Gasteiger partial charge in [0, 0.05) is 11.6 Å². The molecule has 1 amide bonds. The first-order chi connectivity index (χ1) is 10.0. The summed E-state index contributed by atoms with van der Waals surface area (Å²) in [5.74, 6) is 0.327. The first kappa shape index (κ1) is 14.7. The maximum absolute atomic E-state index is 11.1. The van der Waals surface area contributed by atoms with Gasteiger partial charge in [-0.3, -0.25) is 4.79 Å². The molecule has 0 fully saturated rings.